The van der Waals surface area contributed by atoms with Gasteiger partial charge >= 0.3 is 0 Å². The Balaban J connectivity index is 1.64. The molecule has 5 rings (SSSR count). The van der Waals surface area contributed by atoms with Crippen LogP contribution in [0.1, 0.15) is 53.4 Å². The summed E-state index contributed by atoms with van der Waals surface area (Å²) in [7, 11) is 0. The summed E-state index contributed by atoms with van der Waals surface area (Å²) in [5.74, 6) is -2.46. The van der Waals surface area contributed by atoms with Crippen molar-refractivity contribution in [2.45, 2.75) is 82.6 Å². The van der Waals surface area contributed by atoms with Crippen LogP contribution < -0.4 is 0 Å². The third-order valence-electron chi connectivity index (χ3n) is 9.19. The number of aliphatic hydroxyl groups excluding tert-OH is 2. The number of allylic oxidation sites excluding steroid dienone is 4. The van der Waals surface area contributed by atoms with Crippen molar-refractivity contribution in [2.24, 2.45) is 22.7 Å². The number of carbonyl (C=O) groups is 2. The zero-order chi connectivity index (χ0) is 22.6. The quantitative estimate of drug-likeness (QED) is 0.694. The van der Waals surface area contributed by atoms with Gasteiger partial charge in [0.2, 0.25) is 0 Å². The van der Waals surface area contributed by atoms with Gasteiger partial charge in [-0.1, -0.05) is 18.6 Å². The van der Waals surface area contributed by atoms with Crippen molar-refractivity contribution in [1.82, 2.24) is 0 Å². The number of carbonyl (C=O) groups excluding carboxylic acids is 2. The molecule has 0 radical (unpaired) electrons. The number of hydrogen-bond donors (Lipinski definition) is 2. The van der Waals surface area contributed by atoms with E-state index in [0.717, 1.165) is 5.57 Å². The third kappa shape index (κ3) is 2.31. The van der Waals surface area contributed by atoms with Crippen LogP contribution in [0.5, 0.6) is 0 Å². The molecule has 1 saturated heterocycles. The molecule has 7 heteroatoms. The maximum absolute atomic E-state index is 17.1. The summed E-state index contributed by atoms with van der Waals surface area (Å²) in [4.78, 5) is 25.1. The van der Waals surface area contributed by atoms with E-state index in [1.54, 1.807) is 26.8 Å². The minimum atomic E-state index is -1.98. The highest BCUT2D eigenvalue weighted by molar-refractivity contribution is 6.01. The summed E-state index contributed by atoms with van der Waals surface area (Å²) < 4.78 is 29.5. The first-order valence-corrected chi connectivity index (χ1v) is 11.2. The maximum atomic E-state index is 17.1. The van der Waals surface area contributed by atoms with Gasteiger partial charge in [0.25, 0.3) is 0 Å². The van der Waals surface area contributed by atoms with E-state index >= 15 is 4.39 Å². The summed E-state index contributed by atoms with van der Waals surface area (Å²) in [5.41, 5.74) is -4.66. The lowest BCUT2D eigenvalue weighted by Crippen LogP contribution is -2.70. The van der Waals surface area contributed by atoms with Crippen LogP contribution in [-0.2, 0) is 19.1 Å². The SMILES string of the molecule is CC1(C)O[C@@H]2C[C@H]3C4CCC5=CC(=O)C=CC5(C)[C@@]4(F)[C@@H](O)CC3(C)[C@]2(C(=O)CO)O1. The molecule has 0 bridgehead atoms. The minimum absolute atomic E-state index is 0.0109. The van der Waals surface area contributed by atoms with Gasteiger partial charge in [0.1, 0.15) is 6.61 Å². The monoisotopic (exact) mass is 434 g/mol. The second-order valence-electron chi connectivity index (χ2n) is 10.9. The molecule has 0 aromatic rings. The van der Waals surface area contributed by atoms with Crippen molar-refractivity contribution in [3.63, 3.8) is 0 Å². The minimum Gasteiger partial charge on any atom is -0.390 e. The summed E-state index contributed by atoms with van der Waals surface area (Å²) in [5, 5.41) is 21.2. The molecule has 0 aromatic carbocycles. The van der Waals surface area contributed by atoms with Crippen LogP contribution in [0, 0.1) is 22.7 Å². The lowest BCUT2D eigenvalue weighted by molar-refractivity contribution is -0.246. The molecule has 6 nitrogen and oxygen atoms in total. The van der Waals surface area contributed by atoms with Gasteiger partial charge in [-0.3, -0.25) is 9.59 Å². The third-order valence-corrected chi connectivity index (χ3v) is 9.19. The molecule has 5 aliphatic rings. The Hall–Kier alpha value is -1.41. The molecule has 1 aliphatic heterocycles. The maximum Gasteiger partial charge on any atom is 0.193 e. The van der Waals surface area contributed by atoms with Crippen LogP contribution in [0.3, 0.4) is 0 Å². The molecule has 4 aliphatic carbocycles. The van der Waals surface area contributed by atoms with Gasteiger partial charge in [-0.05, 0) is 64.5 Å². The molecule has 3 unspecified atom stereocenters. The van der Waals surface area contributed by atoms with Crippen molar-refractivity contribution in [3.8, 4) is 0 Å². The fraction of sp³-hybridized carbons (Fsp3) is 0.750. The Morgan fingerprint density at radius 1 is 1.26 bits per heavy atom. The summed E-state index contributed by atoms with van der Waals surface area (Å²) in [6.07, 6.45) is 4.00. The molecule has 1 heterocycles. The normalized spacial score (nSPS) is 52.1. The average Bonchev–Trinajstić information content (AvgIpc) is 3.09. The van der Waals surface area contributed by atoms with E-state index in [9.17, 15) is 19.8 Å². The molecule has 4 fully saturated rings. The first kappa shape index (κ1) is 21.4. The van der Waals surface area contributed by atoms with Crippen LogP contribution in [0.25, 0.3) is 0 Å². The van der Waals surface area contributed by atoms with Gasteiger partial charge in [0, 0.05) is 16.7 Å². The van der Waals surface area contributed by atoms with Crippen molar-refractivity contribution in [1.29, 1.82) is 0 Å². The van der Waals surface area contributed by atoms with E-state index in [4.69, 9.17) is 9.47 Å². The van der Waals surface area contributed by atoms with Gasteiger partial charge in [-0.15, -0.1) is 0 Å². The van der Waals surface area contributed by atoms with Crippen molar-refractivity contribution in [2.75, 3.05) is 6.61 Å². The molecule has 2 N–H and O–H groups in total. The van der Waals surface area contributed by atoms with Crippen LogP contribution in [0.15, 0.2) is 23.8 Å². The van der Waals surface area contributed by atoms with Crippen LogP contribution in [-0.4, -0.2) is 57.7 Å². The molecule has 0 amide bonds. The Morgan fingerprint density at radius 3 is 2.65 bits per heavy atom. The Bertz CT molecular complexity index is 925. The van der Waals surface area contributed by atoms with E-state index in [1.807, 2.05) is 6.92 Å². The zero-order valence-corrected chi connectivity index (χ0v) is 18.5. The second kappa shape index (κ2) is 6.13. The number of ether oxygens (including phenoxy) is 2. The largest absolute Gasteiger partial charge is 0.390 e. The number of fused-ring (bicyclic) bond motifs is 7. The van der Waals surface area contributed by atoms with Crippen LogP contribution in [0.4, 0.5) is 4.39 Å². The molecule has 3 saturated carbocycles. The lowest BCUT2D eigenvalue weighted by Gasteiger charge is -2.62. The topological polar surface area (TPSA) is 93.1 Å². The first-order chi connectivity index (χ1) is 14.4. The van der Waals surface area contributed by atoms with Gasteiger partial charge in [-0.2, -0.15) is 0 Å². The predicted molar refractivity (Wildman–Crippen MR) is 109 cm³/mol. The number of Topliss-reactive ketones (excluding diaryl/α,β-unsaturated/α-hetero) is 1. The van der Waals surface area contributed by atoms with Gasteiger partial charge < -0.3 is 19.7 Å². The van der Waals surface area contributed by atoms with Crippen molar-refractivity contribution < 1.29 is 33.7 Å². The fourth-order valence-electron chi connectivity index (χ4n) is 7.93. The Morgan fingerprint density at radius 2 is 1.97 bits per heavy atom. The highest BCUT2D eigenvalue weighted by atomic mass is 19.1. The van der Waals surface area contributed by atoms with E-state index in [2.05, 4.69) is 0 Å². The second-order valence-corrected chi connectivity index (χ2v) is 10.9. The van der Waals surface area contributed by atoms with E-state index in [1.165, 1.54) is 12.2 Å². The molecule has 170 valence electrons. The Kier molecular flexibility index (Phi) is 4.24. The molecule has 31 heavy (non-hydrogen) atoms. The number of hydrogen-bond acceptors (Lipinski definition) is 6. The van der Waals surface area contributed by atoms with Gasteiger partial charge in [-0.25, -0.2) is 4.39 Å². The molecule has 0 spiro atoms. The lowest BCUT2D eigenvalue weighted by atomic mass is 9.44. The molecular formula is C24H31FO6. The predicted octanol–water partition coefficient (Wildman–Crippen LogP) is 2.42. The standard InChI is InChI=1S/C24H31FO6/c1-20(2)30-19-10-16-15-6-5-13-9-14(27)7-8-21(13,3)23(15,25)17(28)11-22(16,4)24(19,31-20)18(29)12-26/h7-9,15-17,19,26,28H,5-6,10-12H2,1-4H3/t15?,16-,17-,19+,21?,22?,23-,24+/m0/s1. The van der Waals surface area contributed by atoms with Crippen molar-refractivity contribution >= 4 is 11.6 Å². The number of aliphatic hydroxyl groups is 2. The summed E-state index contributed by atoms with van der Waals surface area (Å²) in [6, 6.07) is 0. The highest BCUT2D eigenvalue weighted by Gasteiger charge is 2.79. The number of alkyl halides is 1. The van der Waals surface area contributed by atoms with Crippen LogP contribution >= 0.6 is 0 Å². The summed E-state index contributed by atoms with van der Waals surface area (Å²) in [6.45, 7) is 6.41. The van der Waals surface area contributed by atoms with Gasteiger partial charge in [0.15, 0.2) is 28.6 Å². The van der Waals surface area contributed by atoms with E-state index in [0.29, 0.717) is 19.3 Å². The van der Waals surface area contributed by atoms with E-state index in [-0.39, 0.29) is 18.1 Å². The molecular weight excluding hydrogens is 403 g/mol. The zero-order valence-electron chi connectivity index (χ0n) is 18.5. The molecule has 0 aromatic heterocycles. The first-order valence-electron chi connectivity index (χ1n) is 11.2. The van der Waals surface area contributed by atoms with Crippen molar-refractivity contribution in [3.05, 3.63) is 23.8 Å². The Labute approximate surface area is 181 Å². The summed E-state index contributed by atoms with van der Waals surface area (Å²) >= 11 is 0. The number of rotatable bonds is 2. The number of halogens is 1. The highest BCUT2D eigenvalue weighted by Crippen LogP contribution is 2.72. The van der Waals surface area contributed by atoms with Crippen LogP contribution in [0.2, 0.25) is 0 Å². The van der Waals surface area contributed by atoms with E-state index < -0.39 is 58.4 Å². The van der Waals surface area contributed by atoms with Gasteiger partial charge in [0.05, 0.1) is 12.2 Å². The molecule has 8 atom stereocenters. The average molecular weight is 435 g/mol. The number of ketones is 2. The smallest absolute Gasteiger partial charge is 0.193 e. The fourth-order valence-corrected chi connectivity index (χ4v) is 7.93.